The van der Waals surface area contributed by atoms with Crippen LogP contribution in [0.15, 0.2) is 53.9 Å². The molecule has 2 N–H and O–H groups in total. The molecule has 0 spiro atoms. The average Bonchev–Trinajstić information content (AvgIpc) is 3.18. The summed E-state index contributed by atoms with van der Waals surface area (Å²) in [6, 6.07) is 5.09. The van der Waals surface area contributed by atoms with Crippen LogP contribution in [0.3, 0.4) is 0 Å². The Morgan fingerprint density at radius 3 is 2.31 bits per heavy atom. The Labute approximate surface area is 168 Å². The number of nitrogens with zero attached hydrogens (tertiary/aromatic N) is 2. The van der Waals surface area contributed by atoms with E-state index in [0.717, 1.165) is 25.9 Å². The second kappa shape index (κ2) is 8.64. The summed E-state index contributed by atoms with van der Waals surface area (Å²) in [6.45, 7) is 1.63. The Kier molecular flexibility index (Phi) is 6.01. The largest absolute Gasteiger partial charge is 0.465 e. The number of carbonyl (C=O) groups is 3. The van der Waals surface area contributed by atoms with Crippen molar-refractivity contribution in [3.05, 3.63) is 59.5 Å². The van der Waals surface area contributed by atoms with Gasteiger partial charge in [0.2, 0.25) is 0 Å². The summed E-state index contributed by atoms with van der Waals surface area (Å²) >= 11 is 0. The SMILES string of the molecule is COC(=O)C1=C(C(=O)OC)N(c2ccc(C(N)=O)c(N3CCCC3)c2)C=CC=C1. The molecule has 0 bridgehead atoms. The van der Waals surface area contributed by atoms with E-state index in [0.29, 0.717) is 16.9 Å². The summed E-state index contributed by atoms with van der Waals surface area (Å²) < 4.78 is 9.75. The number of ether oxygens (including phenoxy) is 2. The van der Waals surface area contributed by atoms with Crippen molar-refractivity contribution in [2.45, 2.75) is 12.8 Å². The first-order chi connectivity index (χ1) is 14.0. The molecule has 0 unspecified atom stereocenters. The number of benzene rings is 1. The van der Waals surface area contributed by atoms with E-state index < -0.39 is 17.8 Å². The Bertz CT molecular complexity index is 926. The van der Waals surface area contributed by atoms with Gasteiger partial charge in [0, 0.05) is 25.0 Å². The molecule has 2 heterocycles. The quantitative estimate of drug-likeness (QED) is 0.757. The fourth-order valence-electron chi connectivity index (χ4n) is 3.46. The standard InChI is InChI=1S/C21H23N3O5/c1-28-20(26)16-7-3-4-12-24(18(16)21(27)29-2)14-8-9-15(19(22)25)17(13-14)23-10-5-6-11-23/h3-4,7-9,12-13H,5-6,10-11H2,1-2H3,(H2,22,25). The molecule has 152 valence electrons. The van der Waals surface area contributed by atoms with Gasteiger partial charge < -0.3 is 25.0 Å². The highest BCUT2D eigenvalue weighted by molar-refractivity contribution is 6.06. The van der Waals surface area contributed by atoms with Gasteiger partial charge in [0.1, 0.15) is 5.70 Å². The minimum atomic E-state index is -0.691. The Balaban J connectivity index is 2.16. The lowest BCUT2D eigenvalue weighted by molar-refractivity contribution is -0.139. The van der Waals surface area contributed by atoms with Crippen LogP contribution in [0.5, 0.6) is 0 Å². The highest BCUT2D eigenvalue weighted by Gasteiger charge is 2.28. The topological polar surface area (TPSA) is 102 Å². The number of hydrogen-bond donors (Lipinski definition) is 1. The number of anilines is 2. The van der Waals surface area contributed by atoms with Crippen LogP contribution in [0.4, 0.5) is 11.4 Å². The van der Waals surface area contributed by atoms with E-state index in [1.54, 1.807) is 41.5 Å². The average molecular weight is 397 g/mol. The molecule has 0 aromatic heterocycles. The predicted octanol–water partition coefficient (Wildman–Crippen LogP) is 1.88. The van der Waals surface area contributed by atoms with Gasteiger partial charge >= 0.3 is 11.9 Å². The maximum absolute atomic E-state index is 12.6. The molecular weight excluding hydrogens is 374 g/mol. The number of hydrogen-bond acceptors (Lipinski definition) is 7. The van der Waals surface area contributed by atoms with Gasteiger partial charge in [-0.15, -0.1) is 0 Å². The zero-order valence-corrected chi connectivity index (χ0v) is 16.4. The first kappa shape index (κ1) is 20.2. The van der Waals surface area contributed by atoms with Gasteiger partial charge in [0.15, 0.2) is 0 Å². The zero-order chi connectivity index (χ0) is 21.0. The second-order valence-corrected chi connectivity index (χ2v) is 6.58. The molecule has 1 aromatic carbocycles. The van der Waals surface area contributed by atoms with Crippen LogP contribution in [0.1, 0.15) is 23.2 Å². The van der Waals surface area contributed by atoms with Gasteiger partial charge in [-0.25, -0.2) is 9.59 Å². The lowest BCUT2D eigenvalue weighted by Crippen LogP contribution is -2.28. The van der Waals surface area contributed by atoms with Crippen LogP contribution in [-0.2, 0) is 19.1 Å². The van der Waals surface area contributed by atoms with Crippen LogP contribution in [0, 0.1) is 0 Å². The number of rotatable bonds is 5. The van der Waals surface area contributed by atoms with Gasteiger partial charge in [-0.05, 0) is 43.2 Å². The summed E-state index contributed by atoms with van der Waals surface area (Å²) in [7, 11) is 2.49. The molecule has 1 aromatic rings. The van der Waals surface area contributed by atoms with E-state index in [1.165, 1.54) is 20.3 Å². The molecule has 0 atom stereocenters. The van der Waals surface area contributed by atoms with Crippen molar-refractivity contribution < 1.29 is 23.9 Å². The van der Waals surface area contributed by atoms with Crippen molar-refractivity contribution in [1.29, 1.82) is 0 Å². The number of amides is 1. The summed E-state index contributed by atoms with van der Waals surface area (Å²) in [4.78, 5) is 40.4. The van der Waals surface area contributed by atoms with Crippen molar-refractivity contribution in [3.8, 4) is 0 Å². The molecule has 1 saturated heterocycles. The Hall–Kier alpha value is -3.55. The lowest BCUT2D eigenvalue weighted by atomic mass is 10.1. The highest BCUT2D eigenvalue weighted by Crippen LogP contribution is 2.33. The van der Waals surface area contributed by atoms with E-state index >= 15 is 0 Å². The number of methoxy groups -OCH3 is 2. The summed E-state index contributed by atoms with van der Waals surface area (Å²) in [5, 5.41) is 0. The summed E-state index contributed by atoms with van der Waals surface area (Å²) in [5.41, 5.74) is 7.33. The number of carbonyl (C=O) groups excluding carboxylic acids is 3. The van der Waals surface area contributed by atoms with Gasteiger partial charge in [0.25, 0.3) is 5.91 Å². The number of primary amides is 1. The number of esters is 2. The fourth-order valence-corrected chi connectivity index (χ4v) is 3.46. The van der Waals surface area contributed by atoms with Crippen molar-refractivity contribution in [2.75, 3.05) is 37.1 Å². The van der Waals surface area contributed by atoms with Crippen LogP contribution < -0.4 is 15.5 Å². The zero-order valence-electron chi connectivity index (χ0n) is 16.4. The van der Waals surface area contributed by atoms with Crippen molar-refractivity contribution in [2.24, 2.45) is 5.73 Å². The fraction of sp³-hybridized carbons (Fsp3) is 0.286. The van der Waals surface area contributed by atoms with Crippen LogP contribution >= 0.6 is 0 Å². The maximum Gasteiger partial charge on any atom is 0.355 e. The molecule has 1 fully saturated rings. The molecule has 0 saturated carbocycles. The minimum absolute atomic E-state index is 0.0172. The van der Waals surface area contributed by atoms with E-state index in [9.17, 15) is 14.4 Å². The van der Waals surface area contributed by atoms with E-state index in [4.69, 9.17) is 15.2 Å². The maximum atomic E-state index is 12.6. The van der Waals surface area contributed by atoms with E-state index in [2.05, 4.69) is 4.90 Å². The molecule has 0 aliphatic carbocycles. The van der Waals surface area contributed by atoms with Crippen LogP contribution in [0.25, 0.3) is 0 Å². The van der Waals surface area contributed by atoms with Gasteiger partial charge in [-0.2, -0.15) is 0 Å². The minimum Gasteiger partial charge on any atom is -0.465 e. The molecular formula is C21H23N3O5. The van der Waals surface area contributed by atoms with Crippen LogP contribution in [0.2, 0.25) is 0 Å². The monoisotopic (exact) mass is 397 g/mol. The molecule has 8 heteroatoms. The van der Waals surface area contributed by atoms with Gasteiger partial charge in [-0.1, -0.05) is 6.08 Å². The number of allylic oxidation sites excluding steroid dienone is 2. The summed E-state index contributed by atoms with van der Waals surface area (Å²) in [5.74, 6) is -1.88. The summed E-state index contributed by atoms with van der Waals surface area (Å²) in [6.07, 6.45) is 8.51. The molecule has 2 aliphatic rings. The van der Waals surface area contributed by atoms with Gasteiger partial charge in [0.05, 0.1) is 31.0 Å². The van der Waals surface area contributed by atoms with Crippen LogP contribution in [-0.4, -0.2) is 45.2 Å². The molecule has 3 rings (SSSR count). The van der Waals surface area contributed by atoms with Crippen molar-refractivity contribution in [1.82, 2.24) is 0 Å². The molecule has 2 aliphatic heterocycles. The Morgan fingerprint density at radius 1 is 1.00 bits per heavy atom. The number of nitrogens with two attached hydrogens (primary N) is 1. The van der Waals surface area contributed by atoms with Crippen molar-refractivity contribution in [3.63, 3.8) is 0 Å². The second-order valence-electron chi connectivity index (χ2n) is 6.58. The van der Waals surface area contributed by atoms with E-state index in [1.807, 2.05) is 0 Å². The molecule has 1 amide bonds. The third kappa shape index (κ3) is 4.01. The lowest BCUT2D eigenvalue weighted by Gasteiger charge is -2.26. The highest BCUT2D eigenvalue weighted by atomic mass is 16.5. The van der Waals surface area contributed by atoms with E-state index in [-0.39, 0.29) is 11.3 Å². The molecule has 8 nitrogen and oxygen atoms in total. The predicted molar refractivity (Wildman–Crippen MR) is 108 cm³/mol. The smallest absolute Gasteiger partial charge is 0.355 e. The first-order valence-corrected chi connectivity index (χ1v) is 9.21. The van der Waals surface area contributed by atoms with Gasteiger partial charge in [-0.3, -0.25) is 4.79 Å². The third-order valence-electron chi connectivity index (χ3n) is 4.86. The Morgan fingerprint density at radius 2 is 1.69 bits per heavy atom. The normalized spacial score (nSPS) is 16.1. The third-order valence-corrected chi connectivity index (χ3v) is 4.86. The molecule has 0 radical (unpaired) electrons. The first-order valence-electron chi connectivity index (χ1n) is 9.21. The molecule has 29 heavy (non-hydrogen) atoms. The van der Waals surface area contributed by atoms with Crippen molar-refractivity contribution >= 4 is 29.2 Å².